The van der Waals surface area contributed by atoms with E-state index in [0.717, 1.165) is 5.56 Å². The minimum Gasteiger partial charge on any atom is -0.459 e. The van der Waals surface area contributed by atoms with Crippen LogP contribution in [-0.2, 0) is 20.9 Å². The summed E-state index contributed by atoms with van der Waals surface area (Å²) in [6.07, 6.45) is -2.58. The molecule has 0 aromatic heterocycles. The lowest BCUT2D eigenvalue weighted by atomic mass is 9.57. The number of halogens is 3. The van der Waals surface area contributed by atoms with Crippen molar-refractivity contribution in [2.24, 2.45) is 5.41 Å². The molecule has 1 N–H and O–H groups in total. The first-order valence-electron chi connectivity index (χ1n) is 12.5. The SMILES string of the molecule is Cc1ccc(OC(F)(F)F)c(C2=CC3(C(=O)OC(C)(C)C)CCC2(NC(=O)OCc2ccccc2)CC3)c1. The van der Waals surface area contributed by atoms with Crippen molar-refractivity contribution in [3.63, 3.8) is 0 Å². The molecule has 2 aromatic carbocycles. The molecule has 0 aliphatic heterocycles. The van der Waals surface area contributed by atoms with Crippen LogP contribution in [0, 0.1) is 12.3 Å². The zero-order valence-electron chi connectivity index (χ0n) is 21.9. The molecule has 1 amide bonds. The van der Waals surface area contributed by atoms with Crippen molar-refractivity contribution in [3.8, 4) is 5.75 Å². The van der Waals surface area contributed by atoms with E-state index in [-0.39, 0.29) is 12.2 Å². The maximum absolute atomic E-state index is 13.3. The molecular weight excluding hydrogens is 499 g/mol. The highest BCUT2D eigenvalue weighted by atomic mass is 19.4. The van der Waals surface area contributed by atoms with Gasteiger partial charge in [0.1, 0.15) is 18.0 Å². The van der Waals surface area contributed by atoms with Gasteiger partial charge in [-0.2, -0.15) is 0 Å². The molecule has 1 fully saturated rings. The maximum Gasteiger partial charge on any atom is 0.573 e. The highest BCUT2D eigenvalue weighted by Gasteiger charge is 2.55. The number of hydrogen-bond acceptors (Lipinski definition) is 5. The Morgan fingerprint density at radius 2 is 1.63 bits per heavy atom. The number of rotatable bonds is 6. The Labute approximate surface area is 220 Å². The fraction of sp³-hybridized carbons (Fsp3) is 0.448. The molecule has 0 atom stereocenters. The molecule has 3 aliphatic rings. The number of esters is 1. The lowest BCUT2D eigenvalue weighted by Gasteiger charge is -2.51. The summed E-state index contributed by atoms with van der Waals surface area (Å²) in [6, 6.07) is 13.5. The van der Waals surface area contributed by atoms with Crippen LogP contribution in [0.15, 0.2) is 54.6 Å². The van der Waals surface area contributed by atoms with E-state index in [2.05, 4.69) is 10.1 Å². The molecule has 3 aliphatic carbocycles. The highest BCUT2D eigenvalue weighted by molar-refractivity contribution is 5.90. The van der Waals surface area contributed by atoms with Crippen molar-refractivity contribution in [1.29, 1.82) is 0 Å². The summed E-state index contributed by atoms with van der Waals surface area (Å²) < 4.78 is 55.5. The van der Waals surface area contributed by atoms with Crippen LogP contribution in [0.1, 0.15) is 63.1 Å². The van der Waals surface area contributed by atoms with E-state index in [1.165, 1.54) is 12.1 Å². The Balaban J connectivity index is 1.73. The second kappa shape index (κ2) is 10.0. The summed E-state index contributed by atoms with van der Waals surface area (Å²) in [5.74, 6) is -0.839. The van der Waals surface area contributed by atoms with Crippen LogP contribution in [-0.4, -0.2) is 29.6 Å². The summed E-state index contributed by atoms with van der Waals surface area (Å²) >= 11 is 0. The van der Waals surface area contributed by atoms with E-state index in [0.29, 0.717) is 36.8 Å². The van der Waals surface area contributed by atoms with Crippen LogP contribution in [0.3, 0.4) is 0 Å². The van der Waals surface area contributed by atoms with Crippen LogP contribution in [0.4, 0.5) is 18.0 Å². The maximum atomic E-state index is 13.3. The molecule has 0 heterocycles. The zero-order chi connectivity index (χ0) is 27.8. The molecule has 9 heteroatoms. The van der Waals surface area contributed by atoms with E-state index in [1.54, 1.807) is 39.8 Å². The fourth-order valence-electron chi connectivity index (χ4n) is 5.14. The first-order valence-corrected chi connectivity index (χ1v) is 12.5. The number of alkyl halides is 3. The van der Waals surface area contributed by atoms with Crippen molar-refractivity contribution in [2.45, 2.75) is 77.5 Å². The van der Waals surface area contributed by atoms with E-state index >= 15 is 0 Å². The van der Waals surface area contributed by atoms with Gasteiger partial charge in [-0.3, -0.25) is 4.79 Å². The summed E-state index contributed by atoms with van der Waals surface area (Å²) in [6.45, 7) is 7.09. The quantitative estimate of drug-likeness (QED) is 0.413. The van der Waals surface area contributed by atoms with Gasteiger partial charge in [-0.1, -0.05) is 48.0 Å². The van der Waals surface area contributed by atoms with Crippen molar-refractivity contribution in [3.05, 3.63) is 71.3 Å². The Morgan fingerprint density at radius 1 is 0.974 bits per heavy atom. The number of alkyl carbamates (subject to hydrolysis) is 1. The Morgan fingerprint density at radius 3 is 2.24 bits per heavy atom. The summed E-state index contributed by atoms with van der Waals surface area (Å²) in [5.41, 5.74) is -0.761. The number of amides is 1. The third-order valence-electron chi connectivity index (χ3n) is 6.94. The molecular formula is C29H32F3NO5. The number of fused-ring (bicyclic) bond motifs is 2. The van der Waals surface area contributed by atoms with Crippen LogP contribution in [0.2, 0.25) is 0 Å². The highest BCUT2D eigenvalue weighted by Crippen LogP contribution is 2.56. The standard InChI is InChI=1S/C29H32F3NO5/c1-19-10-11-23(37-29(30,31)32)21(16-19)22-17-27(24(34)38-26(2,3)4)12-14-28(22,15-13-27)33-25(35)36-18-20-8-6-5-7-9-20/h5-11,16-17H,12-15,18H2,1-4H3,(H,33,35). The van der Waals surface area contributed by atoms with Crippen molar-refractivity contribution in [1.82, 2.24) is 5.32 Å². The first kappa shape index (κ1) is 27.5. The lowest BCUT2D eigenvalue weighted by Crippen LogP contribution is -2.58. The van der Waals surface area contributed by atoms with Crippen molar-refractivity contribution >= 4 is 17.6 Å². The number of aryl methyl sites for hydroxylation is 1. The number of ether oxygens (including phenoxy) is 3. The smallest absolute Gasteiger partial charge is 0.459 e. The number of benzene rings is 2. The third-order valence-corrected chi connectivity index (χ3v) is 6.94. The fourth-order valence-corrected chi connectivity index (χ4v) is 5.14. The summed E-state index contributed by atoms with van der Waals surface area (Å²) in [7, 11) is 0. The average molecular weight is 532 g/mol. The molecule has 6 nitrogen and oxygen atoms in total. The number of nitrogens with one attached hydrogen (secondary N) is 1. The normalized spacial score (nSPS) is 22.9. The van der Waals surface area contributed by atoms with Gasteiger partial charge in [-0.15, -0.1) is 13.2 Å². The topological polar surface area (TPSA) is 73.9 Å². The third kappa shape index (κ3) is 6.14. The van der Waals surface area contributed by atoms with Crippen molar-refractivity contribution < 1.29 is 37.0 Å². The van der Waals surface area contributed by atoms with Gasteiger partial charge in [0.25, 0.3) is 0 Å². The van der Waals surface area contributed by atoms with Gasteiger partial charge in [0.15, 0.2) is 0 Å². The van der Waals surface area contributed by atoms with Gasteiger partial charge in [0, 0.05) is 5.56 Å². The van der Waals surface area contributed by atoms with Gasteiger partial charge in [0.2, 0.25) is 0 Å². The molecule has 0 radical (unpaired) electrons. The molecule has 38 heavy (non-hydrogen) atoms. The number of carbonyl (C=O) groups is 2. The minimum atomic E-state index is -4.92. The molecule has 2 bridgehead atoms. The second-order valence-corrected chi connectivity index (χ2v) is 11.0. The predicted molar refractivity (Wildman–Crippen MR) is 135 cm³/mol. The van der Waals surface area contributed by atoms with Crippen LogP contribution < -0.4 is 10.1 Å². The van der Waals surface area contributed by atoms with Gasteiger partial charge in [0.05, 0.1) is 11.0 Å². The van der Waals surface area contributed by atoms with E-state index < -0.39 is 40.7 Å². The molecule has 0 saturated heterocycles. The second-order valence-electron chi connectivity index (χ2n) is 11.0. The molecule has 204 valence electrons. The monoisotopic (exact) mass is 531 g/mol. The molecule has 0 spiro atoms. The summed E-state index contributed by atoms with van der Waals surface area (Å²) in [4.78, 5) is 26.3. The largest absolute Gasteiger partial charge is 0.573 e. The van der Waals surface area contributed by atoms with Gasteiger partial charge >= 0.3 is 18.4 Å². The molecule has 0 unspecified atom stereocenters. The van der Waals surface area contributed by atoms with Crippen LogP contribution >= 0.6 is 0 Å². The Hall–Kier alpha value is -3.49. The number of hydrogen-bond donors (Lipinski definition) is 1. The molecule has 5 rings (SSSR count). The Bertz CT molecular complexity index is 1220. The van der Waals surface area contributed by atoms with E-state index in [1.807, 2.05) is 30.3 Å². The van der Waals surface area contributed by atoms with E-state index in [9.17, 15) is 22.8 Å². The molecule has 2 aromatic rings. The first-order chi connectivity index (χ1) is 17.7. The van der Waals surface area contributed by atoms with Gasteiger partial charge in [-0.25, -0.2) is 4.79 Å². The Kier molecular flexibility index (Phi) is 7.25. The van der Waals surface area contributed by atoms with Gasteiger partial charge < -0.3 is 19.5 Å². The van der Waals surface area contributed by atoms with E-state index in [4.69, 9.17) is 9.47 Å². The van der Waals surface area contributed by atoms with Crippen LogP contribution in [0.25, 0.3) is 5.57 Å². The average Bonchev–Trinajstić information content (AvgIpc) is 2.83. The lowest BCUT2D eigenvalue weighted by molar-refractivity contribution is -0.274. The minimum absolute atomic E-state index is 0.0382. The zero-order valence-corrected chi connectivity index (χ0v) is 21.9. The molecule has 1 saturated carbocycles. The van der Waals surface area contributed by atoms with Crippen LogP contribution in [0.5, 0.6) is 5.75 Å². The predicted octanol–water partition coefficient (Wildman–Crippen LogP) is 6.86. The number of carbonyl (C=O) groups excluding carboxylic acids is 2. The van der Waals surface area contributed by atoms with Gasteiger partial charge in [-0.05, 0) is 76.6 Å². The van der Waals surface area contributed by atoms with Crippen molar-refractivity contribution in [2.75, 3.05) is 0 Å². The summed E-state index contributed by atoms with van der Waals surface area (Å²) in [5, 5.41) is 2.93.